The number of hydrogen-bond donors (Lipinski definition) is 1. The molecule has 28 heavy (non-hydrogen) atoms. The van der Waals surface area contributed by atoms with E-state index in [9.17, 15) is 0 Å². The van der Waals surface area contributed by atoms with Gasteiger partial charge >= 0.3 is 0 Å². The van der Waals surface area contributed by atoms with Crippen molar-refractivity contribution in [2.75, 3.05) is 5.32 Å². The third-order valence-electron chi connectivity index (χ3n) is 5.46. The maximum Gasteiger partial charge on any atom is 0.0853 e. The number of nitrogens with one attached hydrogen (secondary N) is 1. The summed E-state index contributed by atoms with van der Waals surface area (Å²) in [5, 5.41) is 8.71. The first kappa shape index (κ1) is 20.2. The van der Waals surface area contributed by atoms with Crippen LogP contribution in [0.25, 0.3) is 0 Å². The highest BCUT2D eigenvalue weighted by molar-refractivity contribution is 5.61. The van der Waals surface area contributed by atoms with Gasteiger partial charge in [-0.2, -0.15) is 5.10 Å². The maximum absolute atomic E-state index is 4.81. The second-order valence-electron chi connectivity index (χ2n) is 8.34. The number of nitrogens with zero attached hydrogens (tertiary/aromatic N) is 2. The van der Waals surface area contributed by atoms with E-state index in [1.807, 2.05) is 11.7 Å². The molecule has 1 N–H and O–H groups in total. The van der Waals surface area contributed by atoms with Crippen LogP contribution in [0.2, 0.25) is 0 Å². The van der Waals surface area contributed by atoms with Crippen LogP contribution in [-0.2, 0) is 13.5 Å². The minimum absolute atomic E-state index is 0.125. The molecule has 0 bridgehead atoms. The van der Waals surface area contributed by atoms with Gasteiger partial charge in [-0.3, -0.25) is 4.68 Å². The topological polar surface area (TPSA) is 29.9 Å². The quantitative estimate of drug-likeness (QED) is 0.520. The van der Waals surface area contributed by atoms with Gasteiger partial charge in [0, 0.05) is 18.4 Å². The fourth-order valence-electron chi connectivity index (χ4n) is 3.73. The average Bonchev–Trinajstić information content (AvgIpc) is 3.00. The highest BCUT2D eigenvalue weighted by Crippen LogP contribution is 2.35. The summed E-state index contributed by atoms with van der Waals surface area (Å²) in [5.41, 5.74) is 7.61. The Morgan fingerprint density at radius 3 is 2.00 bits per heavy atom. The van der Waals surface area contributed by atoms with Crippen LogP contribution in [0.5, 0.6) is 0 Å². The normalized spacial score (nSPS) is 12.6. The molecule has 3 rings (SSSR count). The van der Waals surface area contributed by atoms with Crippen LogP contribution < -0.4 is 5.32 Å². The zero-order chi connectivity index (χ0) is 20.3. The van der Waals surface area contributed by atoms with E-state index in [1.165, 1.54) is 28.1 Å². The highest BCUT2D eigenvalue weighted by Gasteiger charge is 2.21. The highest BCUT2D eigenvalue weighted by atomic mass is 15.3. The van der Waals surface area contributed by atoms with E-state index in [0.717, 1.165) is 12.1 Å². The van der Waals surface area contributed by atoms with Crippen molar-refractivity contribution in [3.8, 4) is 0 Å². The Hall–Kier alpha value is -2.55. The summed E-state index contributed by atoms with van der Waals surface area (Å²) in [6, 6.07) is 19.7. The van der Waals surface area contributed by atoms with E-state index in [1.54, 1.807) is 0 Å². The van der Waals surface area contributed by atoms with Crippen LogP contribution in [0.3, 0.4) is 0 Å². The van der Waals surface area contributed by atoms with E-state index in [2.05, 4.69) is 94.5 Å². The first-order valence-electron chi connectivity index (χ1n) is 10.3. The van der Waals surface area contributed by atoms with Gasteiger partial charge in [0.1, 0.15) is 0 Å². The van der Waals surface area contributed by atoms with Crippen molar-refractivity contribution >= 4 is 5.69 Å². The van der Waals surface area contributed by atoms with Crippen LogP contribution in [0.15, 0.2) is 54.6 Å². The van der Waals surface area contributed by atoms with Crippen LogP contribution in [0.4, 0.5) is 5.69 Å². The molecule has 0 saturated heterocycles. The summed E-state index contributed by atoms with van der Waals surface area (Å²) in [4.78, 5) is 0. The largest absolute Gasteiger partial charge is 0.376 e. The molecule has 0 aliphatic rings. The first-order chi connectivity index (χ1) is 13.4. The van der Waals surface area contributed by atoms with E-state index >= 15 is 0 Å². The molecule has 1 heterocycles. The number of anilines is 1. The van der Waals surface area contributed by atoms with Crippen molar-refractivity contribution in [3.05, 3.63) is 82.7 Å². The van der Waals surface area contributed by atoms with Crippen molar-refractivity contribution in [3.63, 3.8) is 0 Å². The van der Waals surface area contributed by atoms with Crippen LogP contribution in [0, 0.1) is 6.92 Å². The second kappa shape index (κ2) is 8.64. The van der Waals surface area contributed by atoms with Gasteiger partial charge in [-0.15, -0.1) is 0 Å². The monoisotopic (exact) mass is 375 g/mol. The first-order valence-corrected chi connectivity index (χ1v) is 10.3. The molecule has 3 nitrogen and oxygen atoms in total. The fourth-order valence-corrected chi connectivity index (χ4v) is 3.73. The molecule has 0 radical (unpaired) electrons. The molecule has 2 aromatic carbocycles. The van der Waals surface area contributed by atoms with E-state index in [0.29, 0.717) is 11.8 Å². The Kier molecular flexibility index (Phi) is 6.23. The Morgan fingerprint density at radius 1 is 0.893 bits per heavy atom. The Morgan fingerprint density at radius 2 is 1.50 bits per heavy atom. The smallest absolute Gasteiger partial charge is 0.0853 e. The van der Waals surface area contributed by atoms with Gasteiger partial charge in [-0.25, -0.2) is 0 Å². The summed E-state index contributed by atoms with van der Waals surface area (Å²) in [6.07, 6.45) is 0.904. The lowest BCUT2D eigenvalue weighted by atomic mass is 9.91. The van der Waals surface area contributed by atoms with Crippen LogP contribution in [0.1, 0.15) is 73.7 Å². The van der Waals surface area contributed by atoms with Crippen LogP contribution in [-0.4, -0.2) is 9.78 Å². The predicted molar refractivity (Wildman–Crippen MR) is 119 cm³/mol. The lowest BCUT2D eigenvalue weighted by Crippen LogP contribution is -2.18. The second-order valence-corrected chi connectivity index (χ2v) is 8.34. The predicted octanol–water partition coefficient (Wildman–Crippen LogP) is 6.37. The van der Waals surface area contributed by atoms with Gasteiger partial charge in [0.05, 0.1) is 11.7 Å². The zero-order valence-electron chi connectivity index (χ0n) is 18.0. The van der Waals surface area contributed by atoms with E-state index < -0.39 is 0 Å². The Labute approximate surface area is 169 Å². The maximum atomic E-state index is 4.81. The molecule has 0 aliphatic carbocycles. The zero-order valence-corrected chi connectivity index (χ0v) is 18.0. The Bertz CT molecular complexity index is 861. The van der Waals surface area contributed by atoms with Gasteiger partial charge in [-0.1, -0.05) is 76.2 Å². The van der Waals surface area contributed by atoms with Crippen molar-refractivity contribution in [1.82, 2.24) is 9.78 Å². The summed E-state index contributed by atoms with van der Waals surface area (Å²) >= 11 is 0. The SMILES string of the molecule is Cc1cc(C(Cc2ccccc2)Nc2c(C(C)C)cccc2C(C)C)nn1C. The lowest BCUT2D eigenvalue weighted by molar-refractivity contribution is 0.674. The van der Waals surface area contributed by atoms with Crippen LogP contribution >= 0.6 is 0 Å². The molecular weight excluding hydrogens is 342 g/mol. The summed E-state index contributed by atoms with van der Waals surface area (Å²) in [7, 11) is 2.01. The number of rotatable bonds is 7. The number of aryl methyl sites for hydroxylation is 2. The van der Waals surface area contributed by atoms with E-state index in [4.69, 9.17) is 5.10 Å². The van der Waals surface area contributed by atoms with Gasteiger partial charge in [-0.05, 0) is 47.9 Å². The number of para-hydroxylation sites is 1. The third kappa shape index (κ3) is 4.46. The molecule has 0 amide bonds. The third-order valence-corrected chi connectivity index (χ3v) is 5.46. The molecule has 148 valence electrons. The van der Waals surface area contributed by atoms with Crippen molar-refractivity contribution in [2.24, 2.45) is 7.05 Å². The molecule has 0 aliphatic heterocycles. The van der Waals surface area contributed by atoms with Gasteiger partial charge in [0.2, 0.25) is 0 Å². The van der Waals surface area contributed by atoms with Crippen molar-refractivity contribution in [1.29, 1.82) is 0 Å². The molecule has 1 aromatic heterocycles. The molecule has 0 fully saturated rings. The molecule has 1 atom stereocenters. The molecule has 3 aromatic rings. The molecule has 3 heteroatoms. The van der Waals surface area contributed by atoms with Gasteiger partial charge < -0.3 is 5.32 Å². The van der Waals surface area contributed by atoms with Gasteiger partial charge in [0.25, 0.3) is 0 Å². The van der Waals surface area contributed by atoms with Gasteiger partial charge in [0.15, 0.2) is 0 Å². The fraction of sp³-hybridized carbons (Fsp3) is 0.400. The minimum Gasteiger partial charge on any atom is -0.376 e. The average molecular weight is 376 g/mol. The Balaban J connectivity index is 2.04. The number of benzene rings is 2. The van der Waals surface area contributed by atoms with Crippen molar-refractivity contribution < 1.29 is 0 Å². The van der Waals surface area contributed by atoms with E-state index in [-0.39, 0.29) is 6.04 Å². The summed E-state index contributed by atoms with van der Waals surface area (Å²) in [6.45, 7) is 11.2. The number of aromatic nitrogens is 2. The standard InChI is InChI=1S/C25H33N3/c1-17(2)21-13-10-14-22(18(3)4)25(21)26-23(16-20-11-8-7-9-12-20)24-15-19(5)28(6)27-24/h7-15,17-18,23,26H,16H2,1-6H3. The minimum atomic E-state index is 0.125. The summed E-state index contributed by atoms with van der Waals surface area (Å²) < 4.78 is 1.96. The summed E-state index contributed by atoms with van der Waals surface area (Å²) in [5.74, 6) is 0.924. The lowest BCUT2D eigenvalue weighted by Gasteiger charge is -2.26. The molecule has 0 spiro atoms. The molecular formula is C25H33N3. The molecule has 0 saturated carbocycles. The van der Waals surface area contributed by atoms with Crippen molar-refractivity contribution in [2.45, 2.75) is 58.9 Å². The number of hydrogen-bond acceptors (Lipinski definition) is 2. The molecule has 1 unspecified atom stereocenters.